The summed E-state index contributed by atoms with van der Waals surface area (Å²) in [5.74, 6) is -1.14. The first-order chi connectivity index (χ1) is 16.4. The van der Waals surface area contributed by atoms with Crippen LogP contribution in [0.3, 0.4) is 0 Å². The van der Waals surface area contributed by atoms with E-state index in [1.165, 1.54) is 18.6 Å². The zero-order valence-electron chi connectivity index (χ0n) is 18.6. The zero-order valence-corrected chi connectivity index (χ0v) is 18.6. The van der Waals surface area contributed by atoms with Crippen LogP contribution >= 0.6 is 0 Å². The number of hydrogen-bond donors (Lipinski definition) is 3. The van der Waals surface area contributed by atoms with Crippen molar-refractivity contribution in [3.8, 4) is 0 Å². The SMILES string of the molecule is CC(=O)OC1CCC(c2ccc(NC(=O)c3nnc(Nc4cccc(C(N)=O)c4)o3)cc2)CC1. The first kappa shape index (κ1) is 23.0. The van der Waals surface area contributed by atoms with E-state index in [0.717, 1.165) is 25.7 Å². The van der Waals surface area contributed by atoms with Gasteiger partial charge in [-0.05, 0) is 67.5 Å². The molecule has 176 valence electrons. The fourth-order valence-electron chi connectivity index (χ4n) is 4.01. The summed E-state index contributed by atoms with van der Waals surface area (Å²) in [5, 5.41) is 13.2. The summed E-state index contributed by atoms with van der Waals surface area (Å²) in [6, 6.07) is 14.1. The summed E-state index contributed by atoms with van der Waals surface area (Å²) < 4.78 is 10.7. The number of carbonyl (C=O) groups is 3. The number of nitrogens with two attached hydrogens (primary N) is 1. The molecule has 4 rings (SSSR count). The Balaban J connectivity index is 1.32. The van der Waals surface area contributed by atoms with E-state index in [1.54, 1.807) is 18.2 Å². The Morgan fingerprint density at radius 1 is 1.00 bits per heavy atom. The van der Waals surface area contributed by atoms with Crippen LogP contribution in [0.15, 0.2) is 52.9 Å². The Morgan fingerprint density at radius 3 is 2.41 bits per heavy atom. The van der Waals surface area contributed by atoms with Gasteiger partial charge in [-0.2, -0.15) is 0 Å². The first-order valence-corrected chi connectivity index (χ1v) is 11.0. The number of carbonyl (C=O) groups excluding carboxylic acids is 3. The molecule has 0 saturated heterocycles. The minimum absolute atomic E-state index is 0.00599. The highest BCUT2D eigenvalue weighted by atomic mass is 16.5. The molecule has 4 N–H and O–H groups in total. The van der Waals surface area contributed by atoms with Gasteiger partial charge in [0.05, 0.1) is 0 Å². The number of nitrogens with zero attached hydrogens (tertiary/aromatic N) is 2. The van der Waals surface area contributed by atoms with Crippen molar-refractivity contribution in [1.29, 1.82) is 0 Å². The van der Waals surface area contributed by atoms with Gasteiger partial charge in [0, 0.05) is 23.9 Å². The third-order valence-electron chi connectivity index (χ3n) is 5.66. The molecule has 1 aliphatic carbocycles. The van der Waals surface area contributed by atoms with Crippen molar-refractivity contribution >= 4 is 35.2 Å². The minimum Gasteiger partial charge on any atom is -0.463 e. The lowest BCUT2D eigenvalue weighted by molar-refractivity contribution is -0.147. The smallest absolute Gasteiger partial charge is 0.320 e. The third-order valence-corrected chi connectivity index (χ3v) is 5.66. The highest BCUT2D eigenvalue weighted by Gasteiger charge is 2.24. The Morgan fingerprint density at radius 2 is 1.74 bits per heavy atom. The number of nitrogens with one attached hydrogen (secondary N) is 2. The van der Waals surface area contributed by atoms with Gasteiger partial charge in [0.25, 0.3) is 0 Å². The molecule has 3 aromatic rings. The average molecular weight is 463 g/mol. The average Bonchev–Trinajstić information content (AvgIpc) is 3.28. The van der Waals surface area contributed by atoms with Gasteiger partial charge >= 0.3 is 23.8 Å². The third kappa shape index (κ3) is 5.77. The van der Waals surface area contributed by atoms with E-state index in [0.29, 0.717) is 22.9 Å². The van der Waals surface area contributed by atoms with E-state index < -0.39 is 11.8 Å². The summed E-state index contributed by atoms with van der Waals surface area (Å²) in [6.45, 7) is 1.44. The van der Waals surface area contributed by atoms with E-state index in [4.69, 9.17) is 14.9 Å². The fourth-order valence-corrected chi connectivity index (χ4v) is 4.01. The highest BCUT2D eigenvalue weighted by Crippen LogP contribution is 2.34. The van der Waals surface area contributed by atoms with Gasteiger partial charge in [-0.25, -0.2) is 0 Å². The maximum absolute atomic E-state index is 12.5. The van der Waals surface area contributed by atoms with E-state index in [-0.39, 0.29) is 24.0 Å². The molecule has 0 radical (unpaired) electrons. The summed E-state index contributed by atoms with van der Waals surface area (Å²) in [4.78, 5) is 34.9. The van der Waals surface area contributed by atoms with E-state index in [1.807, 2.05) is 24.3 Å². The van der Waals surface area contributed by atoms with Gasteiger partial charge in [0.15, 0.2) is 0 Å². The van der Waals surface area contributed by atoms with Crippen molar-refractivity contribution in [3.63, 3.8) is 0 Å². The predicted molar refractivity (Wildman–Crippen MR) is 124 cm³/mol. The van der Waals surface area contributed by atoms with Crippen LogP contribution in [-0.4, -0.2) is 34.1 Å². The summed E-state index contributed by atoms with van der Waals surface area (Å²) in [7, 11) is 0. The maximum atomic E-state index is 12.5. The number of ether oxygens (including phenoxy) is 1. The van der Waals surface area contributed by atoms with Crippen LogP contribution in [0.25, 0.3) is 0 Å². The topological polar surface area (TPSA) is 149 Å². The van der Waals surface area contributed by atoms with Crippen molar-refractivity contribution in [3.05, 3.63) is 65.5 Å². The maximum Gasteiger partial charge on any atom is 0.320 e. The van der Waals surface area contributed by atoms with Crippen molar-refractivity contribution in [2.45, 2.75) is 44.6 Å². The largest absolute Gasteiger partial charge is 0.463 e. The summed E-state index contributed by atoms with van der Waals surface area (Å²) in [5.41, 5.74) is 7.90. The number of amides is 2. The zero-order chi connectivity index (χ0) is 24.1. The molecule has 0 unspecified atom stereocenters. The van der Waals surface area contributed by atoms with Gasteiger partial charge < -0.3 is 25.5 Å². The van der Waals surface area contributed by atoms with Gasteiger partial charge in [-0.3, -0.25) is 14.4 Å². The van der Waals surface area contributed by atoms with E-state index in [2.05, 4.69) is 20.8 Å². The number of rotatable bonds is 7. The Labute approximate surface area is 195 Å². The van der Waals surface area contributed by atoms with Crippen LogP contribution in [0.5, 0.6) is 0 Å². The molecule has 2 amide bonds. The van der Waals surface area contributed by atoms with Gasteiger partial charge in [0.2, 0.25) is 5.91 Å². The first-order valence-electron chi connectivity index (χ1n) is 11.0. The summed E-state index contributed by atoms with van der Waals surface area (Å²) >= 11 is 0. The number of anilines is 3. The van der Waals surface area contributed by atoms with Crippen LogP contribution in [-0.2, 0) is 9.53 Å². The molecule has 2 aromatic carbocycles. The number of hydrogen-bond acceptors (Lipinski definition) is 8. The second-order valence-electron chi connectivity index (χ2n) is 8.14. The predicted octanol–water partition coefficient (Wildman–Crippen LogP) is 3.75. The number of aromatic nitrogens is 2. The quantitative estimate of drug-likeness (QED) is 0.448. The fraction of sp³-hybridized carbons (Fsp3) is 0.292. The molecule has 10 nitrogen and oxygen atoms in total. The van der Waals surface area contributed by atoms with Crippen molar-refractivity contribution in [2.24, 2.45) is 5.73 Å². The Kier molecular flexibility index (Phi) is 6.86. The van der Waals surface area contributed by atoms with Crippen molar-refractivity contribution in [2.75, 3.05) is 10.6 Å². The number of esters is 1. The lowest BCUT2D eigenvalue weighted by atomic mass is 9.82. The van der Waals surface area contributed by atoms with Gasteiger partial charge in [-0.1, -0.05) is 23.3 Å². The highest BCUT2D eigenvalue weighted by molar-refractivity contribution is 6.01. The normalized spacial score (nSPS) is 17.6. The molecular formula is C24H25N5O5. The van der Waals surface area contributed by atoms with Gasteiger partial charge in [0.1, 0.15) is 6.10 Å². The lowest BCUT2D eigenvalue weighted by Gasteiger charge is -2.28. The number of benzene rings is 2. The van der Waals surface area contributed by atoms with E-state index >= 15 is 0 Å². The lowest BCUT2D eigenvalue weighted by Crippen LogP contribution is -2.22. The standard InChI is InChI=1S/C24H25N5O5/c1-14(30)33-20-11-7-16(8-12-20)15-5-9-18(10-6-15)26-22(32)23-28-29-24(34-23)27-19-4-2-3-17(13-19)21(25)31/h2-6,9-10,13,16,20H,7-8,11-12H2,1H3,(H2,25,31)(H,26,32)(H,27,29). The van der Waals surface area contributed by atoms with Crippen LogP contribution in [0.1, 0.15) is 65.1 Å². The van der Waals surface area contributed by atoms with Crippen molar-refractivity contribution < 1.29 is 23.5 Å². The molecule has 0 spiro atoms. The van der Waals surface area contributed by atoms with Crippen LogP contribution in [0.2, 0.25) is 0 Å². The molecule has 1 fully saturated rings. The molecule has 1 saturated carbocycles. The molecule has 0 aliphatic heterocycles. The molecular weight excluding hydrogens is 438 g/mol. The molecule has 0 bridgehead atoms. The van der Waals surface area contributed by atoms with Crippen LogP contribution in [0.4, 0.5) is 17.4 Å². The molecule has 0 atom stereocenters. The summed E-state index contributed by atoms with van der Waals surface area (Å²) in [6.07, 6.45) is 3.60. The second-order valence-corrected chi connectivity index (χ2v) is 8.14. The molecule has 1 aliphatic rings. The second kappa shape index (κ2) is 10.2. The molecule has 1 heterocycles. The molecule has 34 heavy (non-hydrogen) atoms. The minimum atomic E-state index is -0.560. The van der Waals surface area contributed by atoms with Crippen LogP contribution < -0.4 is 16.4 Å². The van der Waals surface area contributed by atoms with Crippen LogP contribution in [0, 0.1) is 0 Å². The molecule has 10 heteroatoms. The number of primary amides is 1. The Bertz CT molecular complexity index is 1180. The molecule has 1 aromatic heterocycles. The Hall–Kier alpha value is -4.21. The van der Waals surface area contributed by atoms with E-state index in [9.17, 15) is 14.4 Å². The monoisotopic (exact) mass is 463 g/mol. The van der Waals surface area contributed by atoms with Crippen molar-refractivity contribution in [1.82, 2.24) is 10.2 Å². The van der Waals surface area contributed by atoms with Gasteiger partial charge in [-0.15, -0.1) is 5.10 Å².